The van der Waals surface area contributed by atoms with Crippen molar-refractivity contribution >= 4 is 39.6 Å². The van der Waals surface area contributed by atoms with E-state index in [1.54, 1.807) is 30.3 Å². The van der Waals surface area contributed by atoms with Crippen LogP contribution in [0, 0.1) is 18.3 Å². The van der Waals surface area contributed by atoms with Crippen molar-refractivity contribution in [1.29, 1.82) is 5.26 Å². The number of anilines is 1. The Morgan fingerprint density at radius 2 is 1.96 bits per heavy atom. The molecule has 132 valence electrons. The maximum Gasteiger partial charge on any atom is 0.341 e. The molecule has 2 rings (SSSR count). The van der Waals surface area contributed by atoms with Gasteiger partial charge in [-0.05, 0) is 43.3 Å². The van der Waals surface area contributed by atoms with E-state index in [2.05, 4.69) is 21.2 Å². The number of hydrogen-bond donors (Lipinski definition) is 2. The van der Waals surface area contributed by atoms with Gasteiger partial charge in [-0.1, -0.05) is 33.6 Å². The van der Waals surface area contributed by atoms with E-state index < -0.39 is 18.5 Å². The summed E-state index contributed by atoms with van der Waals surface area (Å²) in [5.41, 5.74) is 1.90. The highest BCUT2D eigenvalue weighted by Gasteiger charge is 2.12. The number of nitriles is 1. The fraction of sp³-hybridized carbons (Fsp3) is 0.105. The van der Waals surface area contributed by atoms with Crippen LogP contribution in [0.5, 0.6) is 5.75 Å². The molecule has 0 heterocycles. The maximum atomic E-state index is 12.3. The van der Waals surface area contributed by atoms with Gasteiger partial charge < -0.3 is 15.2 Å². The third kappa shape index (κ3) is 5.46. The normalized spacial score (nSPS) is 10.7. The Morgan fingerprint density at radius 3 is 2.58 bits per heavy atom. The molecule has 0 fully saturated rings. The zero-order chi connectivity index (χ0) is 19.1. The number of rotatable bonds is 6. The molecular weight excluding hydrogens is 400 g/mol. The van der Waals surface area contributed by atoms with Crippen molar-refractivity contribution in [2.75, 3.05) is 11.9 Å². The molecule has 0 aromatic heterocycles. The van der Waals surface area contributed by atoms with Gasteiger partial charge in [-0.2, -0.15) is 5.26 Å². The van der Waals surface area contributed by atoms with Gasteiger partial charge in [-0.3, -0.25) is 4.79 Å². The summed E-state index contributed by atoms with van der Waals surface area (Å²) in [6.45, 7) is 1.40. The van der Waals surface area contributed by atoms with Crippen LogP contribution in [0.4, 0.5) is 5.69 Å². The van der Waals surface area contributed by atoms with Gasteiger partial charge in [0.15, 0.2) is 6.61 Å². The molecule has 0 aliphatic carbocycles. The average Bonchev–Trinajstić information content (AvgIpc) is 2.60. The van der Waals surface area contributed by atoms with Crippen LogP contribution in [0.25, 0.3) is 6.08 Å². The van der Waals surface area contributed by atoms with E-state index in [0.29, 0.717) is 15.7 Å². The maximum absolute atomic E-state index is 12.3. The highest BCUT2D eigenvalue weighted by Crippen LogP contribution is 2.26. The molecule has 0 aliphatic rings. The Bertz CT molecular complexity index is 899. The van der Waals surface area contributed by atoms with Gasteiger partial charge in [0.25, 0.3) is 5.91 Å². The minimum Gasteiger partial charge on any atom is -0.481 e. The molecule has 7 heteroatoms. The van der Waals surface area contributed by atoms with E-state index in [0.717, 1.165) is 5.56 Å². The third-order valence-corrected chi connectivity index (χ3v) is 3.79. The Labute approximate surface area is 158 Å². The van der Waals surface area contributed by atoms with Crippen LogP contribution in [-0.4, -0.2) is 23.6 Å². The molecule has 2 aromatic carbocycles. The number of ether oxygens (including phenoxy) is 1. The molecule has 0 spiro atoms. The topological polar surface area (TPSA) is 99.4 Å². The van der Waals surface area contributed by atoms with Gasteiger partial charge in [0.2, 0.25) is 0 Å². The molecule has 0 saturated carbocycles. The first-order chi connectivity index (χ1) is 12.4. The Hall–Kier alpha value is -3.11. The quantitative estimate of drug-likeness (QED) is 0.553. The van der Waals surface area contributed by atoms with Crippen molar-refractivity contribution in [3.8, 4) is 11.8 Å². The molecule has 1 amide bonds. The van der Waals surface area contributed by atoms with Crippen LogP contribution >= 0.6 is 15.9 Å². The summed E-state index contributed by atoms with van der Waals surface area (Å²) in [4.78, 5) is 23.0. The average molecular weight is 415 g/mol. The molecule has 0 aliphatic heterocycles. The number of carbonyl (C=O) groups excluding carboxylic acids is 1. The van der Waals surface area contributed by atoms with Crippen molar-refractivity contribution in [3.05, 3.63) is 63.6 Å². The molecule has 0 atom stereocenters. The van der Waals surface area contributed by atoms with Gasteiger partial charge in [0.1, 0.15) is 17.4 Å². The number of carboxylic acids is 1. The summed E-state index contributed by atoms with van der Waals surface area (Å²) in [6, 6.07) is 13.9. The largest absolute Gasteiger partial charge is 0.481 e. The Morgan fingerprint density at radius 1 is 1.27 bits per heavy atom. The zero-order valence-corrected chi connectivity index (χ0v) is 15.4. The number of hydrogen-bond acceptors (Lipinski definition) is 4. The molecule has 6 nitrogen and oxygen atoms in total. The van der Waals surface area contributed by atoms with Crippen molar-refractivity contribution in [2.45, 2.75) is 6.92 Å². The second kappa shape index (κ2) is 8.83. The third-order valence-electron chi connectivity index (χ3n) is 3.30. The van der Waals surface area contributed by atoms with Crippen LogP contribution < -0.4 is 10.1 Å². The van der Waals surface area contributed by atoms with Crippen molar-refractivity contribution in [3.63, 3.8) is 0 Å². The van der Waals surface area contributed by atoms with Gasteiger partial charge in [-0.15, -0.1) is 0 Å². The predicted octanol–water partition coefficient (Wildman–Crippen LogP) is 3.77. The fourth-order valence-corrected chi connectivity index (χ4v) is 2.42. The highest BCUT2D eigenvalue weighted by atomic mass is 79.9. The van der Waals surface area contributed by atoms with E-state index >= 15 is 0 Å². The first-order valence-corrected chi connectivity index (χ1v) is 8.32. The first-order valence-electron chi connectivity index (χ1n) is 7.53. The molecule has 26 heavy (non-hydrogen) atoms. The first kappa shape index (κ1) is 19.2. The molecule has 0 radical (unpaired) electrons. The van der Waals surface area contributed by atoms with E-state index in [9.17, 15) is 14.9 Å². The summed E-state index contributed by atoms with van der Waals surface area (Å²) in [5, 5.41) is 20.7. The number of halogens is 1. The second-order valence-electron chi connectivity index (χ2n) is 5.35. The van der Waals surface area contributed by atoms with Crippen LogP contribution in [0.3, 0.4) is 0 Å². The number of nitrogens with one attached hydrogen (secondary N) is 1. The highest BCUT2D eigenvalue weighted by molar-refractivity contribution is 9.10. The van der Waals surface area contributed by atoms with Crippen molar-refractivity contribution in [1.82, 2.24) is 0 Å². The number of aliphatic carboxylic acids is 1. The number of carboxylic acid groups (broad SMARTS) is 1. The molecule has 0 saturated heterocycles. The summed E-state index contributed by atoms with van der Waals surface area (Å²) in [5.74, 6) is -1.44. The lowest BCUT2D eigenvalue weighted by molar-refractivity contribution is -0.139. The minimum atomic E-state index is -1.12. The van der Waals surface area contributed by atoms with Gasteiger partial charge in [0, 0.05) is 15.7 Å². The van der Waals surface area contributed by atoms with Crippen molar-refractivity contribution in [2.24, 2.45) is 0 Å². The smallest absolute Gasteiger partial charge is 0.341 e. The van der Waals surface area contributed by atoms with E-state index in [1.807, 2.05) is 25.1 Å². The molecule has 2 N–H and O–H groups in total. The Kier molecular flexibility index (Phi) is 6.53. The number of carbonyl (C=O) groups is 2. The van der Waals surface area contributed by atoms with Crippen LogP contribution in [-0.2, 0) is 9.59 Å². The van der Waals surface area contributed by atoms with Crippen molar-refractivity contribution < 1.29 is 19.4 Å². The number of amides is 1. The summed E-state index contributed by atoms with van der Waals surface area (Å²) in [6.07, 6.45) is 1.35. The standard InChI is InChI=1S/C19H15BrN2O4/c1-12-2-5-16(6-3-12)22-19(25)14(10-21)8-13-9-15(20)4-7-17(13)26-11-18(23)24/h2-9H,11H2,1H3,(H,22,25)(H,23,24)/b14-8+. The van der Waals surface area contributed by atoms with Crippen LogP contribution in [0.15, 0.2) is 52.5 Å². The predicted molar refractivity (Wildman–Crippen MR) is 101 cm³/mol. The molecule has 0 bridgehead atoms. The summed E-state index contributed by atoms with van der Waals surface area (Å²) < 4.78 is 5.90. The Balaban J connectivity index is 2.28. The van der Waals surface area contributed by atoms with Gasteiger partial charge in [-0.25, -0.2) is 4.79 Å². The van der Waals surface area contributed by atoms with E-state index in [-0.39, 0.29) is 11.3 Å². The number of nitrogens with zero attached hydrogens (tertiary/aromatic N) is 1. The summed E-state index contributed by atoms with van der Waals surface area (Å²) in [7, 11) is 0. The van der Waals surface area contributed by atoms with Crippen LogP contribution in [0.2, 0.25) is 0 Å². The SMILES string of the molecule is Cc1ccc(NC(=O)/C(C#N)=C/c2cc(Br)ccc2OCC(=O)O)cc1. The van der Waals surface area contributed by atoms with E-state index in [4.69, 9.17) is 9.84 Å². The number of aryl methyl sites for hydroxylation is 1. The minimum absolute atomic E-state index is 0.135. The zero-order valence-electron chi connectivity index (χ0n) is 13.8. The van der Waals surface area contributed by atoms with E-state index in [1.165, 1.54) is 6.08 Å². The lowest BCUT2D eigenvalue weighted by Crippen LogP contribution is -2.13. The summed E-state index contributed by atoms with van der Waals surface area (Å²) >= 11 is 3.30. The second-order valence-corrected chi connectivity index (χ2v) is 6.27. The molecular formula is C19H15BrN2O4. The number of benzene rings is 2. The van der Waals surface area contributed by atoms with Gasteiger partial charge >= 0.3 is 5.97 Å². The molecule has 2 aromatic rings. The molecule has 0 unspecified atom stereocenters. The lowest BCUT2D eigenvalue weighted by Gasteiger charge is -2.09. The fourth-order valence-electron chi connectivity index (χ4n) is 2.04. The monoisotopic (exact) mass is 414 g/mol. The van der Waals surface area contributed by atoms with Crippen LogP contribution in [0.1, 0.15) is 11.1 Å². The van der Waals surface area contributed by atoms with Gasteiger partial charge in [0.05, 0.1) is 0 Å². The lowest BCUT2D eigenvalue weighted by atomic mass is 10.1.